The number of benzene rings is 2. The van der Waals surface area contributed by atoms with Crippen LogP contribution in [0.15, 0.2) is 54.6 Å². The molecular formula is C20H25NO2. The Bertz CT molecular complexity index is 593. The van der Waals surface area contributed by atoms with Crippen LogP contribution in [-0.4, -0.2) is 18.6 Å². The molecule has 0 fully saturated rings. The highest BCUT2D eigenvalue weighted by Crippen LogP contribution is 2.13. The summed E-state index contributed by atoms with van der Waals surface area (Å²) >= 11 is 0. The average Bonchev–Trinajstić information content (AvgIpc) is 2.59. The summed E-state index contributed by atoms with van der Waals surface area (Å²) in [5.41, 5.74) is 1.96. The van der Waals surface area contributed by atoms with Gasteiger partial charge in [-0.1, -0.05) is 37.3 Å². The lowest BCUT2D eigenvalue weighted by Gasteiger charge is -2.14. The molecule has 2 aromatic rings. The van der Waals surface area contributed by atoms with Crippen LogP contribution in [0.25, 0.3) is 0 Å². The molecule has 1 N–H and O–H groups in total. The summed E-state index contributed by atoms with van der Waals surface area (Å²) in [4.78, 5) is 12.2. The first-order valence-electron chi connectivity index (χ1n) is 8.26. The highest BCUT2D eigenvalue weighted by atomic mass is 16.5. The second-order valence-electron chi connectivity index (χ2n) is 5.77. The highest BCUT2D eigenvalue weighted by Gasteiger charge is 2.10. The van der Waals surface area contributed by atoms with Crippen molar-refractivity contribution in [3.05, 3.63) is 65.7 Å². The van der Waals surface area contributed by atoms with Crippen LogP contribution in [0, 0.1) is 0 Å². The molecule has 0 aromatic heterocycles. The average molecular weight is 311 g/mol. The van der Waals surface area contributed by atoms with Gasteiger partial charge in [0.15, 0.2) is 0 Å². The molecule has 1 amide bonds. The summed E-state index contributed by atoms with van der Waals surface area (Å²) in [6.07, 6.45) is 2.86. The third-order valence-corrected chi connectivity index (χ3v) is 3.68. The second kappa shape index (κ2) is 8.99. The van der Waals surface area contributed by atoms with E-state index < -0.39 is 0 Å². The molecule has 23 heavy (non-hydrogen) atoms. The molecule has 0 unspecified atom stereocenters. The molecule has 0 bridgehead atoms. The van der Waals surface area contributed by atoms with E-state index in [1.54, 1.807) is 0 Å². The molecule has 0 saturated carbocycles. The Morgan fingerprint density at radius 2 is 1.78 bits per heavy atom. The van der Waals surface area contributed by atoms with Crippen molar-refractivity contribution in [2.24, 2.45) is 0 Å². The van der Waals surface area contributed by atoms with Gasteiger partial charge < -0.3 is 10.1 Å². The molecule has 0 saturated heterocycles. The van der Waals surface area contributed by atoms with Gasteiger partial charge in [0, 0.05) is 11.6 Å². The van der Waals surface area contributed by atoms with Crippen LogP contribution in [-0.2, 0) is 6.42 Å². The Balaban J connectivity index is 1.81. The number of hydrogen-bond acceptors (Lipinski definition) is 2. The zero-order valence-corrected chi connectivity index (χ0v) is 13.9. The molecule has 3 heteroatoms. The normalized spacial score (nSPS) is 11.7. The number of rotatable bonds is 8. The van der Waals surface area contributed by atoms with Crippen LogP contribution in [0.2, 0.25) is 0 Å². The van der Waals surface area contributed by atoms with Gasteiger partial charge in [0.2, 0.25) is 0 Å². The van der Waals surface area contributed by atoms with Gasteiger partial charge in [0.1, 0.15) is 5.75 Å². The monoisotopic (exact) mass is 311 g/mol. The Labute approximate surface area is 138 Å². The topological polar surface area (TPSA) is 38.3 Å². The van der Waals surface area contributed by atoms with Crippen molar-refractivity contribution in [1.29, 1.82) is 0 Å². The minimum atomic E-state index is -0.0346. The standard InChI is InChI=1S/C20H25NO2/c1-3-15-23-19-13-11-18(12-14-19)20(22)21-16(2)9-10-17-7-5-4-6-8-17/h4-8,11-14,16H,3,9-10,15H2,1-2H3,(H,21,22)/t16-/m1/s1. The van der Waals surface area contributed by atoms with E-state index in [0.717, 1.165) is 25.0 Å². The number of aryl methyl sites for hydroxylation is 1. The molecule has 2 rings (SSSR count). The maximum Gasteiger partial charge on any atom is 0.251 e. The largest absolute Gasteiger partial charge is 0.494 e. The number of ether oxygens (including phenoxy) is 1. The first-order valence-corrected chi connectivity index (χ1v) is 8.26. The van der Waals surface area contributed by atoms with Crippen molar-refractivity contribution < 1.29 is 9.53 Å². The SMILES string of the molecule is CCCOc1ccc(C(=O)N[C@H](C)CCc2ccccc2)cc1. The van der Waals surface area contributed by atoms with Crippen molar-refractivity contribution in [2.45, 2.75) is 39.2 Å². The summed E-state index contributed by atoms with van der Waals surface area (Å²) in [6.45, 7) is 4.81. The molecule has 0 heterocycles. The highest BCUT2D eigenvalue weighted by molar-refractivity contribution is 5.94. The van der Waals surface area contributed by atoms with Crippen molar-refractivity contribution in [3.63, 3.8) is 0 Å². The summed E-state index contributed by atoms with van der Waals surface area (Å²) in [6, 6.07) is 17.8. The van der Waals surface area contributed by atoms with Gasteiger partial charge in [-0.3, -0.25) is 4.79 Å². The van der Waals surface area contributed by atoms with Gasteiger partial charge in [0.05, 0.1) is 6.61 Å². The third kappa shape index (κ3) is 5.78. The number of hydrogen-bond donors (Lipinski definition) is 1. The van der Waals surface area contributed by atoms with Crippen LogP contribution in [0.1, 0.15) is 42.6 Å². The molecule has 0 aliphatic carbocycles. The number of carbonyl (C=O) groups is 1. The van der Waals surface area contributed by atoms with E-state index in [1.165, 1.54) is 5.56 Å². The molecular weight excluding hydrogens is 286 g/mol. The maximum atomic E-state index is 12.2. The van der Waals surface area contributed by atoms with E-state index in [0.29, 0.717) is 12.2 Å². The predicted molar refractivity (Wildman–Crippen MR) is 93.9 cm³/mol. The van der Waals surface area contributed by atoms with Crippen LogP contribution >= 0.6 is 0 Å². The quantitative estimate of drug-likeness (QED) is 0.792. The lowest BCUT2D eigenvalue weighted by Crippen LogP contribution is -2.32. The Hall–Kier alpha value is -2.29. The molecule has 122 valence electrons. The first kappa shape index (κ1) is 17.1. The zero-order chi connectivity index (χ0) is 16.5. The second-order valence-corrected chi connectivity index (χ2v) is 5.77. The maximum absolute atomic E-state index is 12.2. The molecule has 2 aromatic carbocycles. The Morgan fingerprint density at radius 3 is 2.43 bits per heavy atom. The molecule has 0 aliphatic rings. The fourth-order valence-electron chi connectivity index (χ4n) is 2.33. The Morgan fingerprint density at radius 1 is 1.09 bits per heavy atom. The summed E-state index contributed by atoms with van der Waals surface area (Å²) in [5.74, 6) is 0.771. The van der Waals surface area contributed by atoms with Crippen molar-refractivity contribution >= 4 is 5.91 Å². The molecule has 0 spiro atoms. The Kier molecular flexibility index (Phi) is 6.67. The third-order valence-electron chi connectivity index (χ3n) is 3.68. The van der Waals surface area contributed by atoms with E-state index in [2.05, 4.69) is 24.4 Å². The summed E-state index contributed by atoms with van der Waals surface area (Å²) < 4.78 is 5.53. The van der Waals surface area contributed by atoms with Crippen molar-refractivity contribution in [3.8, 4) is 5.75 Å². The number of nitrogens with one attached hydrogen (secondary N) is 1. The van der Waals surface area contributed by atoms with Crippen LogP contribution < -0.4 is 10.1 Å². The minimum absolute atomic E-state index is 0.0346. The van der Waals surface area contributed by atoms with Crippen molar-refractivity contribution in [2.75, 3.05) is 6.61 Å². The van der Waals surface area contributed by atoms with Crippen molar-refractivity contribution in [1.82, 2.24) is 5.32 Å². The molecule has 0 aliphatic heterocycles. The number of amides is 1. The summed E-state index contributed by atoms with van der Waals surface area (Å²) in [7, 11) is 0. The van der Waals surface area contributed by atoms with Crippen LogP contribution in [0.5, 0.6) is 5.75 Å². The molecule has 0 radical (unpaired) electrons. The fourth-order valence-corrected chi connectivity index (χ4v) is 2.33. The fraction of sp³-hybridized carbons (Fsp3) is 0.350. The predicted octanol–water partition coefficient (Wildman–Crippen LogP) is 4.23. The zero-order valence-electron chi connectivity index (χ0n) is 13.9. The van der Waals surface area contributed by atoms with E-state index >= 15 is 0 Å². The van der Waals surface area contributed by atoms with Gasteiger partial charge in [-0.25, -0.2) is 0 Å². The van der Waals surface area contributed by atoms with Crippen LogP contribution in [0.4, 0.5) is 0 Å². The van der Waals surface area contributed by atoms with Gasteiger partial charge in [0.25, 0.3) is 5.91 Å². The van der Waals surface area contributed by atoms with Gasteiger partial charge in [-0.05, 0) is 56.0 Å². The summed E-state index contributed by atoms with van der Waals surface area (Å²) in [5, 5.41) is 3.05. The molecule has 1 atom stereocenters. The van der Waals surface area contributed by atoms with Gasteiger partial charge in [-0.2, -0.15) is 0 Å². The van der Waals surface area contributed by atoms with Crippen LogP contribution in [0.3, 0.4) is 0 Å². The lowest BCUT2D eigenvalue weighted by atomic mass is 10.1. The smallest absolute Gasteiger partial charge is 0.251 e. The van der Waals surface area contributed by atoms with Gasteiger partial charge in [-0.15, -0.1) is 0 Å². The number of carbonyl (C=O) groups excluding carboxylic acids is 1. The van der Waals surface area contributed by atoms with E-state index in [1.807, 2.05) is 49.4 Å². The van der Waals surface area contributed by atoms with Gasteiger partial charge >= 0.3 is 0 Å². The molecule has 3 nitrogen and oxygen atoms in total. The van der Waals surface area contributed by atoms with E-state index in [-0.39, 0.29) is 11.9 Å². The van der Waals surface area contributed by atoms with E-state index in [4.69, 9.17) is 4.74 Å². The first-order chi connectivity index (χ1) is 11.2. The lowest BCUT2D eigenvalue weighted by molar-refractivity contribution is 0.0938. The minimum Gasteiger partial charge on any atom is -0.494 e. The van der Waals surface area contributed by atoms with E-state index in [9.17, 15) is 4.79 Å².